The first-order chi connectivity index (χ1) is 7.46. The fourth-order valence-electron chi connectivity index (χ4n) is 1.98. The van der Waals surface area contributed by atoms with E-state index in [0.717, 1.165) is 17.6 Å². The number of hydrogen-bond acceptors (Lipinski definition) is 2. The van der Waals surface area contributed by atoms with Gasteiger partial charge in [-0.05, 0) is 38.5 Å². The van der Waals surface area contributed by atoms with Crippen molar-refractivity contribution < 1.29 is 0 Å². The van der Waals surface area contributed by atoms with Crippen molar-refractivity contribution in [2.24, 2.45) is 5.73 Å². The standard InChI is InChI=1S/C14H18N2/c1-10-8-11(9-14(2,3)15)16-13-7-5-4-6-12(10)13/h4-8H,9,15H2,1-3H3. The lowest BCUT2D eigenvalue weighted by atomic mass is 9.98. The maximum absolute atomic E-state index is 6.02. The summed E-state index contributed by atoms with van der Waals surface area (Å²) in [5, 5.41) is 1.22. The van der Waals surface area contributed by atoms with E-state index in [-0.39, 0.29) is 5.54 Å². The van der Waals surface area contributed by atoms with Gasteiger partial charge < -0.3 is 5.73 Å². The fourth-order valence-corrected chi connectivity index (χ4v) is 1.98. The Bertz CT molecular complexity index is 510. The Kier molecular flexibility index (Phi) is 2.68. The minimum Gasteiger partial charge on any atom is -0.325 e. The maximum atomic E-state index is 6.02. The Morgan fingerprint density at radius 2 is 1.94 bits per heavy atom. The second-order valence-electron chi connectivity index (χ2n) is 5.11. The first-order valence-electron chi connectivity index (χ1n) is 5.60. The topological polar surface area (TPSA) is 38.9 Å². The van der Waals surface area contributed by atoms with Crippen molar-refractivity contribution in [3.8, 4) is 0 Å². The molecule has 0 fully saturated rings. The number of aryl methyl sites for hydroxylation is 1. The van der Waals surface area contributed by atoms with E-state index < -0.39 is 0 Å². The third kappa shape index (κ3) is 2.39. The molecule has 2 heteroatoms. The molecule has 0 spiro atoms. The van der Waals surface area contributed by atoms with E-state index in [9.17, 15) is 0 Å². The van der Waals surface area contributed by atoms with Crippen molar-refractivity contribution in [2.75, 3.05) is 0 Å². The third-order valence-electron chi connectivity index (χ3n) is 2.61. The number of nitrogens with two attached hydrogens (primary N) is 1. The van der Waals surface area contributed by atoms with E-state index >= 15 is 0 Å². The van der Waals surface area contributed by atoms with Crippen molar-refractivity contribution in [1.29, 1.82) is 0 Å². The van der Waals surface area contributed by atoms with Gasteiger partial charge in [0.15, 0.2) is 0 Å². The first kappa shape index (κ1) is 11.1. The quantitative estimate of drug-likeness (QED) is 0.835. The molecule has 16 heavy (non-hydrogen) atoms. The van der Waals surface area contributed by atoms with Crippen LogP contribution in [0.1, 0.15) is 25.1 Å². The van der Waals surface area contributed by atoms with E-state index in [4.69, 9.17) is 5.73 Å². The number of nitrogens with zero attached hydrogens (tertiary/aromatic N) is 1. The van der Waals surface area contributed by atoms with Gasteiger partial charge in [0.2, 0.25) is 0 Å². The van der Waals surface area contributed by atoms with Gasteiger partial charge in [-0.2, -0.15) is 0 Å². The molecule has 1 aromatic heterocycles. The summed E-state index contributed by atoms with van der Waals surface area (Å²) in [4.78, 5) is 4.64. The molecule has 84 valence electrons. The maximum Gasteiger partial charge on any atom is 0.0707 e. The number of para-hydroxylation sites is 1. The lowest BCUT2D eigenvalue weighted by Crippen LogP contribution is -2.34. The summed E-state index contributed by atoms with van der Waals surface area (Å²) in [5.74, 6) is 0. The molecule has 0 bridgehead atoms. The van der Waals surface area contributed by atoms with Crippen molar-refractivity contribution >= 4 is 10.9 Å². The van der Waals surface area contributed by atoms with Crippen LogP contribution in [0.5, 0.6) is 0 Å². The zero-order valence-corrected chi connectivity index (χ0v) is 10.1. The molecule has 2 N–H and O–H groups in total. The van der Waals surface area contributed by atoms with Crippen molar-refractivity contribution in [3.63, 3.8) is 0 Å². The minimum absolute atomic E-state index is 0.206. The van der Waals surface area contributed by atoms with Gasteiger partial charge in [-0.1, -0.05) is 18.2 Å². The van der Waals surface area contributed by atoms with E-state index in [1.165, 1.54) is 10.9 Å². The smallest absolute Gasteiger partial charge is 0.0707 e. The fraction of sp³-hybridized carbons (Fsp3) is 0.357. The molecule has 0 saturated carbocycles. The van der Waals surface area contributed by atoms with Gasteiger partial charge in [0.05, 0.1) is 5.52 Å². The summed E-state index contributed by atoms with van der Waals surface area (Å²) in [5.41, 5.74) is 9.21. The average Bonchev–Trinajstić information content (AvgIpc) is 2.15. The monoisotopic (exact) mass is 214 g/mol. The first-order valence-corrected chi connectivity index (χ1v) is 5.60. The minimum atomic E-state index is -0.206. The van der Waals surface area contributed by atoms with Crippen molar-refractivity contribution in [3.05, 3.63) is 41.6 Å². The Hall–Kier alpha value is -1.41. The lowest BCUT2D eigenvalue weighted by molar-refractivity contribution is 0.511. The van der Waals surface area contributed by atoms with Gasteiger partial charge in [0, 0.05) is 23.0 Å². The van der Waals surface area contributed by atoms with E-state index in [1.54, 1.807) is 0 Å². The summed E-state index contributed by atoms with van der Waals surface area (Å²) in [6.07, 6.45) is 0.804. The van der Waals surface area contributed by atoms with Crippen LogP contribution < -0.4 is 5.73 Å². The van der Waals surface area contributed by atoms with Gasteiger partial charge in [0.1, 0.15) is 0 Å². The van der Waals surface area contributed by atoms with Crippen LogP contribution in [0.2, 0.25) is 0 Å². The Balaban J connectivity index is 2.50. The molecule has 0 aliphatic rings. The van der Waals surface area contributed by atoms with Crippen molar-refractivity contribution in [2.45, 2.75) is 32.7 Å². The molecule has 0 atom stereocenters. The second-order valence-corrected chi connectivity index (χ2v) is 5.11. The highest BCUT2D eigenvalue weighted by Crippen LogP contribution is 2.19. The summed E-state index contributed by atoms with van der Waals surface area (Å²) >= 11 is 0. The van der Waals surface area contributed by atoms with E-state index in [0.29, 0.717) is 0 Å². The van der Waals surface area contributed by atoms with Crippen LogP contribution in [-0.2, 0) is 6.42 Å². The van der Waals surface area contributed by atoms with Crippen molar-refractivity contribution in [1.82, 2.24) is 4.98 Å². The molecule has 0 radical (unpaired) electrons. The van der Waals surface area contributed by atoms with Crippen LogP contribution in [0.25, 0.3) is 10.9 Å². The zero-order valence-electron chi connectivity index (χ0n) is 10.1. The van der Waals surface area contributed by atoms with Gasteiger partial charge in [-0.15, -0.1) is 0 Å². The summed E-state index contributed by atoms with van der Waals surface area (Å²) in [6.45, 7) is 6.18. The number of aromatic nitrogens is 1. The molecule has 2 aromatic rings. The highest BCUT2D eigenvalue weighted by molar-refractivity contribution is 5.82. The normalized spacial score (nSPS) is 12.0. The van der Waals surface area contributed by atoms with Crippen LogP contribution in [0.4, 0.5) is 0 Å². The van der Waals surface area contributed by atoms with Crippen LogP contribution in [0, 0.1) is 6.92 Å². The Labute approximate surface area is 96.5 Å². The predicted molar refractivity (Wildman–Crippen MR) is 68.5 cm³/mol. The number of pyridine rings is 1. The van der Waals surface area contributed by atoms with E-state index in [2.05, 4.69) is 30.1 Å². The molecule has 0 aliphatic carbocycles. The number of benzene rings is 1. The largest absolute Gasteiger partial charge is 0.325 e. The molecule has 0 unspecified atom stereocenters. The summed E-state index contributed by atoms with van der Waals surface area (Å²) in [7, 11) is 0. The predicted octanol–water partition coefficient (Wildman–Crippen LogP) is 2.82. The number of fused-ring (bicyclic) bond motifs is 1. The molecule has 1 aromatic carbocycles. The van der Waals surface area contributed by atoms with E-state index in [1.807, 2.05) is 26.0 Å². The molecular formula is C14H18N2. The van der Waals surface area contributed by atoms with Crippen LogP contribution in [-0.4, -0.2) is 10.5 Å². The highest BCUT2D eigenvalue weighted by Gasteiger charge is 2.13. The number of hydrogen-bond donors (Lipinski definition) is 1. The lowest BCUT2D eigenvalue weighted by Gasteiger charge is -2.18. The Morgan fingerprint density at radius 3 is 2.62 bits per heavy atom. The highest BCUT2D eigenvalue weighted by atomic mass is 14.8. The van der Waals surface area contributed by atoms with Gasteiger partial charge in [-0.3, -0.25) is 4.98 Å². The van der Waals surface area contributed by atoms with Crippen LogP contribution in [0.15, 0.2) is 30.3 Å². The van der Waals surface area contributed by atoms with Gasteiger partial charge in [0.25, 0.3) is 0 Å². The van der Waals surface area contributed by atoms with Crippen LogP contribution in [0.3, 0.4) is 0 Å². The molecule has 2 rings (SSSR count). The summed E-state index contributed by atoms with van der Waals surface area (Å²) < 4.78 is 0. The molecule has 2 nitrogen and oxygen atoms in total. The second kappa shape index (κ2) is 3.87. The summed E-state index contributed by atoms with van der Waals surface area (Å²) in [6, 6.07) is 10.4. The molecule has 0 saturated heterocycles. The van der Waals surface area contributed by atoms with Gasteiger partial charge >= 0.3 is 0 Å². The van der Waals surface area contributed by atoms with Gasteiger partial charge in [-0.25, -0.2) is 0 Å². The number of rotatable bonds is 2. The third-order valence-corrected chi connectivity index (χ3v) is 2.61. The molecule has 0 amide bonds. The van der Waals surface area contributed by atoms with Crippen LogP contribution >= 0.6 is 0 Å². The molecule has 1 heterocycles. The Morgan fingerprint density at radius 1 is 1.25 bits per heavy atom. The SMILES string of the molecule is Cc1cc(CC(C)(C)N)nc2ccccc12. The average molecular weight is 214 g/mol. The molecular weight excluding hydrogens is 196 g/mol. The zero-order chi connectivity index (χ0) is 11.8. The molecule has 0 aliphatic heterocycles.